The molecule has 0 aliphatic carbocycles. The number of benzene rings is 1. The predicted octanol–water partition coefficient (Wildman–Crippen LogP) is 2.56. The number of esters is 1. The Kier molecular flexibility index (Phi) is 5.37. The Morgan fingerprint density at radius 3 is 2.52 bits per heavy atom. The van der Waals surface area contributed by atoms with Gasteiger partial charge in [-0.2, -0.15) is 0 Å². The Labute approximate surface area is 166 Å². The first kappa shape index (κ1) is 20.4. The lowest BCUT2D eigenvalue weighted by atomic mass is 9.95. The van der Waals surface area contributed by atoms with Crippen molar-refractivity contribution in [3.63, 3.8) is 0 Å². The van der Waals surface area contributed by atoms with Gasteiger partial charge in [0.15, 0.2) is 0 Å². The van der Waals surface area contributed by atoms with Crippen molar-refractivity contribution in [2.24, 2.45) is 20.0 Å². The van der Waals surface area contributed by atoms with Crippen molar-refractivity contribution in [3.05, 3.63) is 62.2 Å². The largest absolute Gasteiger partial charge is 0.462 e. The second-order valence-electron chi connectivity index (χ2n) is 7.35. The maximum atomic E-state index is 14.0. The summed E-state index contributed by atoms with van der Waals surface area (Å²) in [6.45, 7) is 5.58. The smallest absolute Gasteiger partial charge is 0.340 e. The summed E-state index contributed by atoms with van der Waals surface area (Å²) in [5.41, 5.74) is -0.143. The third-order valence-corrected chi connectivity index (χ3v) is 4.63. The summed E-state index contributed by atoms with van der Waals surface area (Å²) in [6, 6.07) is 5.59. The van der Waals surface area contributed by atoms with Gasteiger partial charge in [-0.3, -0.25) is 13.9 Å². The molecule has 0 radical (unpaired) electrons. The van der Waals surface area contributed by atoms with Crippen LogP contribution in [0.4, 0.5) is 4.39 Å². The number of rotatable bonds is 4. The van der Waals surface area contributed by atoms with Crippen molar-refractivity contribution in [3.8, 4) is 11.1 Å². The highest BCUT2D eigenvalue weighted by atomic mass is 19.1. The zero-order valence-electron chi connectivity index (χ0n) is 16.9. The minimum Gasteiger partial charge on any atom is -0.462 e. The van der Waals surface area contributed by atoms with E-state index in [0.29, 0.717) is 5.56 Å². The van der Waals surface area contributed by atoms with Gasteiger partial charge in [0.05, 0.1) is 23.3 Å². The first-order valence-electron chi connectivity index (χ1n) is 9.16. The number of aryl methyl sites for hydroxylation is 2. The fourth-order valence-corrected chi connectivity index (χ4v) is 3.20. The van der Waals surface area contributed by atoms with Gasteiger partial charge in [0.2, 0.25) is 0 Å². The van der Waals surface area contributed by atoms with Gasteiger partial charge in [-0.15, -0.1) is 0 Å². The highest BCUT2D eigenvalue weighted by molar-refractivity contribution is 6.07. The second-order valence-corrected chi connectivity index (χ2v) is 7.35. The van der Waals surface area contributed by atoms with E-state index in [-0.39, 0.29) is 40.4 Å². The van der Waals surface area contributed by atoms with Crippen molar-refractivity contribution in [2.45, 2.75) is 20.8 Å². The minimum atomic E-state index is -0.652. The van der Waals surface area contributed by atoms with Crippen LogP contribution in [0.15, 0.2) is 33.9 Å². The van der Waals surface area contributed by atoms with Crippen LogP contribution < -0.4 is 11.2 Å². The van der Waals surface area contributed by atoms with E-state index >= 15 is 0 Å². The summed E-state index contributed by atoms with van der Waals surface area (Å²) in [4.78, 5) is 42.6. The van der Waals surface area contributed by atoms with Gasteiger partial charge in [-0.05, 0) is 30.5 Å². The first-order valence-corrected chi connectivity index (χ1v) is 9.16. The number of halogens is 1. The van der Waals surface area contributed by atoms with Crippen molar-refractivity contribution in [1.29, 1.82) is 0 Å². The van der Waals surface area contributed by atoms with Crippen LogP contribution in [0, 0.1) is 18.7 Å². The number of fused-ring (bicyclic) bond motifs is 1. The molecular weight excluding hydrogens is 377 g/mol. The molecule has 3 aromatic rings. The maximum Gasteiger partial charge on any atom is 0.340 e. The van der Waals surface area contributed by atoms with Crippen LogP contribution in [0.25, 0.3) is 22.2 Å². The summed E-state index contributed by atoms with van der Waals surface area (Å²) in [5, 5.41) is 0.0577. The van der Waals surface area contributed by atoms with Crippen molar-refractivity contribution in [2.75, 3.05) is 6.61 Å². The second kappa shape index (κ2) is 7.62. The van der Waals surface area contributed by atoms with E-state index in [1.54, 1.807) is 13.0 Å². The van der Waals surface area contributed by atoms with Gasteiger partial charge in [-0.25, -0.2) is 19.0 Å². The molecule has 2 heterocycles. The van der Waals surface area contributed by atoms with Crippen LogP contribution in [0.3, 0.4) is 0 Å². The molecule has 0 aliphatic heterocycles. The van der Waals surface area contributed by atoms with E-state index in [0.717, 1.165) is 4.57 Å². The lowest BCUT2D eigenvalue weighted by Gasteiger charge is -2.17. The maximum absolute atomic E-state index is 14.0. The Bertz CT molecular complexity index is 1240. The van der Waals surface area contributed by atoms with Crippen LogP contribution in [0.1, 0.15) is 29.9 Å². The Morgan fingerprint density at radius 2 is 1.90 bits per heavy atom. The van der Waals surface area contributed by atoms with Gasteiger partial charge < -0.3 is 4.74 Å². The monoisotopic (exact) mass is 399 g/mol. The minimum absolute atomic E-state index is 0.0577. The quantitative estimate of drug-likeness (QED) is 0.630. The van der Waals surface area contributed by atoms with E-state index in [1.165, 1.54) is 36.9 Å². The number of ether oxygens (including phenoxy) is 1. The summed E-state index contributed by atoms with van der Waals surface area (Å²) >= 11 is 0. The van der Waals surface area contributed by atoms with Crippen LogP contribution in [-0.4, -0.2) is 26.7 Å². The molecule has 0 atom stereocenters. The van der Waals surface area contributed by atoms with E-state index in [4.69, 9.17) is 4.74 Å². The third kappa shape index (κ3) is 3.57. The summed E-state index contributed by atoms with van der Waals surface area (Å²) < 4.78 is 21.5. The lowest BCUT2D eigenvalue weighted by molar-refractivity contribution is 0.0458. The molecule has 0 saturated carbocycles. The number of hydrogen-bond acceptors (Lipinski definition) is 5. The molecule has 0 saturated heterocycles. The van der Waals surface area contributed by atoms with Crippen LogP contribution in [-0.2, 0) is 18.8 Å². The van der Waals surface area contributed by atoms with Crippen molar-refractivity contribution in [1.82, 2.24) is 14.1 Å². The van der Waals surface area contributed by atoms with Gasteiger partial charge in [0, 0.05) is 19.7 Å². The first-order chi connectivity index (χ1) is 13.6. The topological polar surface area (TPSA) is 83.2 Å². The average Bonchev–Trinajstić information content (AvgIpc) is 2.67. The third-order valence-electron chi connectivity index (χ3n) is 4.63. The lowest BCUT2D eigenvalue weighted by Crippen LogP contribution is -2.38. The highest BCUT2D eigenvalue weighted by Crippen LogP contribution is 2.32. The molecule has 0 amide bonds. The van der Waals surface area contributed by atoms with Crippen molar-refractivity contribution >= 4 is 17.0 Å². The fraction of sp³-hybridized carbons (Fsp3) is 0.333. The van der Waals surface area contributed by atoms with E-state index < -0.39 is 23.0 Å². The number of nitrogens with zero attached hydrogens (tertiary/aromatic N) is 3. The van der Waals surface area contributed by atoms with Gasteiger partial charge in [0.1, 0.15) is 11.5 Å². The molecule has 0 aliphatic rings. The normalized spacial score (nSPS) is 11.3. The Balaban J connectivity index is 2.49. The average molecular weight is 399 g/mol. The van der Waals surface area contributed by atoms with E-state index in [9.17, 15) is 18.8 Å². The standard InChI is InChI=1S/C21H22FN3O4/c1-11(2)10-29-20(27)15-12(3)23-18-17(19(26)25(5)21(28)24(18)4)16(15)13-7-6-8-14(22)9-13/h6-9,11H,10H2,1-5H3. The fourth-order valence-electron chi connectivity index (χ4n) is 3.20. The van der Waals surface area contributed by atoms with Crippen LogP contribution >= 0.6 is 0 Å². The Morgan fingerprint density at radius 1 is 1.21 bits per heavy atom. The van der Waals surface area contributed by atoms with Crippen molar-refractivity contribution < 1.29 is 13.9 Å². The summed E-state index contributed by atoms with van der Waals surface area (Å²) in [6.07, 6.45) is 0. The summed E-state index contributed by atoms with van der Waals surface area (Å²) in [5.74, 6) is -1.06. The Hall–Kier alpha value is -3.29. The molecule has 1 aromatic carbocycles. The number of carbonyl (C=O) groups excluding carboxylic acids is 1. The molecule has 0 unspecified atom stereocenters. The molecule has 29 heavy (non-hydrogen) atoms. The molecule has 152 valence electrons. The van der Waals surface area contributed by atoms with E-state index in [2.05, 4.69) is 4.98 Å². The highest BCUT2D eigenvalue weighted by Gasteiger charge is 2.26. The zero-order chi connectivity index (χ0) is 21.5. The molecule has 0 N–H and O–H groups in total. The number of carbonyl (C=O) groups is 1. The van der Waals surface area contributed by atoms with E-state index in [1.807, 2.05) is 13.8 Å². The number of aromatic nitrogens is 3. The molecular formula is C21H22FN3O4. The molecule has 0 bridgehead atoms. The summed E-state index contributed by atoms with van der Waals surface area (Å²) in [7, 11) is 2.83. The van der Waals surface area contributed by atoms with Gasteiger partial charge >= 0.3 is 11.7 Å². The van der Waals surface area contributed by atoms with Gasteiger partial charge in [0.25, 0.3) is 5.56 Å². The number of hydrogen-bond donors (Lipinski definition) is 0. The van der Waals surface area contributed by atoms with Gasteiger partial charge in [-0.1, -0.05) is 26.0 Å². The SMILES string of the molecule is Cc1nc2c(c(-c3cccc(F)c3)c1C(=O)OCC(C)C)c(=O)n(C)c(=O)n2C. The zero-order valence-corrected chi connectivity index (χ0v) is 16.9. The molecule has 0 spiro atoms. The predicted molar refractivity (Wildman–Crippen MR) is 107 cm³/mol. The molecule has 0 fully saturated rings. The molecule has 3 rings (SSSR count). The number of pyridine rings is 1. The molecule has 7 nitrogen and oxygen atoms in total. The molecule has 8 heteroatoms. The molecule has 2 aromatic heterocycles. The van der Waals surface area contributed by atoms with Crippen LogP contribution in [0.5, 0.6) is 0 Å². The van der Waals surface area contributed by atoms with Crippen LogP contribution in [0.2, 0.25) is 0 Å².